The third-order valence-corrected chi connectivity index (χ3v) is 5.11. The number of ether oxygens (including phenoxy) is 3. The molecular weight excluding hydrogens is 440 g/mol. The van der Waals surface area contributed by atoms with E-state index in [1.807, 2.05) is 20.8 Å². The lowest BCUT2D eigenvalue weighted by Gasteiger charge is -2.28. The van der Waals surface area contributed by atoms with E-state index in [4.69, 9.17) is 19.9 Å². The van der Waals surface area contributed by atoms with Crippen molar-refractivity contribution >= 4 is 21.9 Å². The molecule has 0 saturated carbocycles. The number of esters is 1. The highest BCUT2D eigenvalue weighted by atomic mass is 79.9. The summed E-state index contributed by atoms with van der Waals surface area (Å²) in [4.78, 5) is 11.5. The third-order valence-electron chi connectivity index (χ3n) is 4.52. The Morgan fingerprint density at radius 2 is 2.10 bits per heavy atom. The standard InChI is InChI=1S/C20H21BrN4O4/c1-9(26)28-16-12(21)6-10(7-13(16)27-5)14-11(8-22)18(23)29-19-15(14)17(24-25-19)20(2,3)4/h6-7,14H,23H2,1-5H3,(H,24,25)/t14-/m1/s1. The molecule has 0 unspecified atom stereocenters. The molecule has 1 atom stereocenters. The van der Waals surface area contributed by atoms with Gasteiger partial charge in [-0.1, -0.05) is 20.8 Å². The molecule has 1 aromatic heterocycles. The van der Waals surface area contributed by atoms with Crippen molar-refractivity contribution in [3.8, 4) is 23.4 Å². The molecule has 0 fully saturated rings. The van der Waals surface area contributed by atoms with Crippen LogP contribution in [0.25, 0.3) is 0 Å². The number of benzene rings is 1. The second kappa shape index (κ2) is 7.44. The summed E-state index contributed by atoms with van der Waals surface area (Å²) in [6.07, 6.45) is 0. The Hall–Kier alpha value is -2.99. The van der Waals surface area contributed by atoms with Crippen molar-refractivity contribution in [3.63, 3.8) is 0 Å². The SMILES string of the molecule is COc1cc([C@@H]2C(C#N)=C(N)Oc3n[nH]c(C(C)(C)C)c32)cc(Br)c1OC(C)=O. The van der Waals surface area contributed by atoms with Crippen LogP contribution in [0.3, 0.4) is 0 Å². The van der Waals surface area contributed by atoms with Crippen LogP contribution in [0.5, 0.6) is 17.4 Å². The zero-order chi connectivity index (χ0) is 21.5. The van der Waals surface area contributed by atoms with E-state index in [0.717, 1.165) is 11.3 Å². The molecule has 152 valence electrons. The second-order valence-electron chi connectivity index (χ2n) is 7.62. The fraction of sp³-hybridized carbons (Fsp3) is 0.350. The molecule has 29 heavy (non-hydrogen) atoms. The van der Waals surface area contributed by atoms with Gasteiger partial charge < -0.3 is 19.9 Å². The molecule has 9 heteroatoms. The molecule has 0 amide bonds. The van der Waals surface area contributed by atoms with Gasteiger partial charge in [-0.3, -0.25) is 9.89 Å². The second-order valence-corrected chi connectivity index (χ2v) is 8.47. The number of fused-ring (bicyclic) bond motifs is 1. The molecule has 3 rings (SSSR count). The average Bonchev–Trinajstić information content (AvgIpc) is 3.05. The van der Waals surface area contributed by atoms with E-state index in [1.165, 1.54) is 14.0 Å². The first-order valence-corrected chi connectivity index (χ1v) is 9.60. The van der Waals surface area contributed by atoms with Gasteiger partial charge in [0.15, 0.2) is 11.5 Å². The number of rotatable bonds is 3. The Labute approximate surface area is 176 Å². The van der Waals surface area contributed by atoms with Gasteiger partial charge in [0.2, 0.25) is 11.8 Å². The van der Waals surface area contributed by atoms with Gasteiger partial charge in [0.05, 0.1) is 23.1 Å². The summed E-state index contributed by atoms with van der Waals surface area (Å²) in [7, 11) is 1.47. The number of halogens is 1. The maximum absolute atomic E-state index is 11.5. The normalized spacial score (nSPS) is 16.0. The Bertz CT molecular complexity index is 1060. The van der Waals surface area contributed by atoms with Crippen molar-refractivity contribution in [3.05, 3.63) is 44.9 Å². The topological polar surface area (TPSA) is 123 Å². The monoisotopic (exact) mass is 460 g/mol. The van der Waals surface area contributed by atoms with E-state index in [9.17, 15) is 10.1 Å². The zero-order valence-corrected chi connectivity index (χ0v) is 18.3. The number of hydrogen-bond donors (Lipinski definition) is 2. The minimum atomic E-state index is -0.534. The fourth-order valence-corrected chi connectivity index (χ4v) is 3.84. The molecule has 8 nitrogen and oxygen atoms in total. The summed E-state index contributed by atoms with van der Waals surface area (Å²) >= 11 is 3.44. The summed E-state index contributed by atoms with van der Waals surface area (Å²) in [6.45, 7) is 7.41. The predicted octanol–water partition coefficient (Wildman–Crippen LogP) is 3.62. The van der Waals surface area contributed by atoms with Crippen LogP contribution in [0.1, 0.15) is 50.4 Å². The van der Waals surface area contributed by atoms with Gasteiger partial charge in [0, 0.05) is 18.0 Å². The maximum atomic E-state index is 11.5. The van der Waals surface area contributed by atoms with E-state index in [1.54, 1.807) is 12.1 Å². The number of carbonyl (C=O) groups is 1. The number of methoxy groups -OCH3 is 1. The molecule has 0 aliphatic carbocycles. The molecule has 3 N–H and O–H groups in total. The lowest BCUT2D eigenvalue weighted by Crippen LogP contribution is -2.24. The predicted molar refractivity (Wildman–Crippen MR) is 109 cm³/mol. The van der Waals surface area contributed by atoms with Crippen LogP contribution in [0, 0.1) is 11.3 Å². The summed E-state index contributed by atoms with van der Waals surface area (Å²) in [5.41, 5.74) is 8.28. The Kier molecular flexibility index (Phi) is 5.32. The number of nitrogens with zero attached hydrogens (tertiary/aromatic N) is 2. The Balaban J connectivity index is 2.27. The van der Waals surface area contributed by atoms with E-state index in [0.29, 0.717) is 21.7 Å². The minimum Gasteiger partial charge on any atom is -0.493 e. The van der Waals surface area contributed by atoms with Crippen LogP contribution in [0.2, 0.25) is 0 Å². The number of nitrogens with two attached hydrogens (primary N) is 1. The van der Waals surface area contributed by atoms with Crippen molar-refractivity contribution in [2.24, 2.45) is 5.73 Å². The van der Waals surface area contributed by atoms with Crippen LogP contribution in [0.15, 0.2) is 28.1 Å². The van der Waals surface area contributed by atoms with Gasteiger partial charge in [-0.15, -0.1) is 5.10 Å². The first-order valence-electron chi connectivity index (χ1n) is 8.80. The van der Waals surface area contributed by atoms with Crippen LogP contribution in [0.4, 0.5) is 0 Å². The lowest BCUT2D eigenvalue weighted by atomic mass is 9.79. The summed E-state index contributed by atoms with van der Waals surface area (Å²) in [5.74, 6) is -0.0826. The summed E-state index contributed by atoms with van der Waals surface area (Å²) in [5, 5.41) is 17.1. The van der Waals surface area contributed by atoms with E-state index >= 15 is 0 Å². The van der Waals surface area contributed by atoms with E-state index in [2.05, 4.69) is 32.2 Å². The van der Waals surface area contributed by atoms with Gasteiger partial charge in [-0.25, -0.2) is 0 Å². The quantitative estimate of drug-likeness (QED) is 0.529. The maximum Gasteiger partial charge on any atom is 0.308 e. The fourth-order valence-electron chi connectivity index (χ4n) is 3.30. The van der Waals surface area contributed by atoms with Gasteiger partial charge in [-0.05, 0) is 33.6 Å². The minimum absolute atomic E-state index is 0.00360. The molecule has 0 saturated heterocycles. The molecule has 2 heterocycles. The zero-order valence-electron chi connectivity index (χ0n) is 16.7. The lowest BCUT2D eigenvalue weighted by molar-refractivity contribution is -0.132. The summed E-state index contributed by atoms with van der Waals surface area (Å²) in [6, 6.07) is 5.65. The number of aromatic nitrogens is 2. The smallest absolute Gasteiger partial charge is 0.308 e. The molecule has 0 bridgehead atoms. The molecule has 2 aromatic rings. The van der Waals surface area contributed by atoms with E-state index < -0.39 is 11.9 Å². The number of nitriles is 1. The molecule has 1 aromatic carbocycles. The Morgan fingerprint density at radius 1 is 1.41 bits per heavy atom. The largest absolute Gasteiger partial charge is 0.493 e. The van der Waals surface area contributed by atoms with Crippen LogP contribution in [-0.2, 0) is 10.2 Å². The van der Waals surface area contributed by atoms with Crippen molar-refractivity contribution in [2.45, 2.75) is 39.0 Å². The van der Waals surface area contributed by atoms with Crippen LogP contribution in [-0.4, -0.2) is 23.3 Å². The molecule has 0 spiro atoms. The van der Waals surface area contributed by atoms with Gasteiger partial charge >= 0.3 is 5.97 Å². The highest BCUT2D eigenvalue weighted by molar-refractivity contribution is 9.10. The highest BCUT2D eigenvalue weighted by Crippen LogP contribution is 2.48. The average molecular weight is 461 g/mol. The van der Waals surface area contributed by atoms with Gasteiger partial charge in [0.1, 0.15) is 11.6 Å². The number of allylic oxidation sites excluding steroid dienone is 1. The van der Waals surface area contributed by atoms with Crippen LogP contribution < -0.4 is 19.9 Å². The molecule has 1 aliphatic rings. The highest BCUT2D eigenvalue weighted by Gasteiger charge is 2.38. The molecule has 0 radical (unpaired) electrons. The number of carbonyl (C=O) groups excluding carboxylic acids is 1. The number of H-pyrrole nitrogens is 1. The third kappa shape index (κ3) is 3.68. The number of nitrogens with one attached hydrogen (secondary N) is 1. The Morgan fingerprint density at radius 3 is 2.66 bits per heavy atom. The van der Waals surface area contributed by atoms with Gasteiger partial charge in [-0.2, -0.15) is 5.26 Å². The van der Waals surface area contributed by atoms with E-state index in [-0.39, 0.29) is 22.6 Å². The van der Waals surface area contributed by atoms with Crippen LogP contribution >= 0.6 is 15.9 Å². The number of hydrogen-bond acceptors (Lipinski definition) is 7. The van der Waals surface area contributed by atoms with Crippen molar-refractivity contribution < 1.29 is 19.0 Å². The van der Waals surface area contributed by atoms with Crippen molar-refractivity contribution in [1.82, 2.24) is 10.2 Å². The van der Waals surface area contributed by atoms with Crippen molar-refractivity contribution in [2.75, 3.05) is 7.11 Å². The number of aromatic amines is 1. The first-order chi connectivity index (χ1) is 13.6. The summed E-state index contributed by atoms with van der Waals surface area (Å²) < 4.78 is 16.8. The van der Waals surface area contributed by atoms with Gasteiger partial charge in [0.25, 0.3) is 0 Å². The molecular formula is C20H21BrN4O4. The molecule has 1 aliphatic heterocycles. The first kappa shape index (κ1) is 20.7. The van der Waals surface area contributed by atoms with Crippen molar-refractivity contribution in [1.29, 1.82) is 5.26 Å².